The molecule has 0 saturated heterocycles. The van der Waals surface area contributed by atoms with Gasteiger partial charge in [-0.05, 0) is 24.1 Å². The third-order valence-corrected chi connectivity index (χ3v) is 4.10. The van der Waals surface area contributed by atoms with Gasteiger partial charge in [-0.3, -0.25) is 4.79 Å². The Balaban J connectivity index is 1.67. The molecule has 1 aromatic heterocycles. The highest BCUT2D eigenvalue weighted by atomic mass is 32.1. The van der Waals surface area contributed by atoms with Crippen LogP contribution in [-0.4, -0.2) is 11.6 Å². The number of thiazole rings is 1. The van der Waals surface area contributed by atoms with E-state index < -0.39 is 0 Å². The third kappa shape index (κ3) is 2.72. The summed E-state index contributed by atoms with van der Waals surface area (Å²) in [4.78, 5) is 13.9. The summed E-state index contributed by atoms with van der Waals surface area (Å²) in [5.74, 6) is 1.01. The average molecular weight is 276 g/mol. The molecular weight excluding hydrogens is 260 g/mol. The molecule has 1 unspecified atom stereocenters. The zero-order valence-corrected chi connectivity index (χ0v) is 11.5. The van der Waals surface area contributed by atoms with Crippen LogP contribution in [0.2, 0.25) is 0 Å². The Bertz CT molecular complexity index is 632. The van der Waals surface area contributed by atoms with E-state index in [0.717, 1.165) is 24.5 Å². The molecule has 19 heavy (non-hydrogen) atoms. The zero-order chi connectivity index (χ0) is 13.2. The van der Waals surface area contributed by atoms with Crippen molar-refractivity contribution in [1.29, 1.82) is 0 Å². The quantitative estimate of drug-likeness (QED) is 0.900. The summed E-state index contributed by atoms with van der Waals surface area (Å²) in [5, 5.41) is 5.28. The van der Waals surface area contributed by atoms with Gasteiger partial charge in [0.2, 0.25) is 0 Å². The van der Waals surface area contributed by atoms with Gasteiger partial charge in [-0.15, -0.1) is 0 Å². The van der Waals surface area contributed by atoms with E-state index in [2.05, 4.69) is 29.4 Å². The molecule has 0 aliphatic carbocycles. The lowest BCUT2D eigenvalue weighted by molar-refractivity contribution is 0.356. The Morgan fingerprint density at radius 1 is 1.53 bits per heavy atom. The molecule has 1 aromatic carbocycles. The van der Waals surface area contributed by atoms with Crippen LogP contribution in [0.15, 0.2) is 28.4 Å². The number of aromatic nitrogens is 1. The fraction of sp³-hybridized carbons (Fsp3) is 0.357. The molecule has 4 nitrogen and oxygen atoms in total. The fourth-order valence-corrected chi connectivity index (χ4v) is 2.84. The smallest absolute Gasteiger partial charge is 0.304 e. The number of fused-ring (bicyclic) bond motifs is 1. The highest BCUT2D eigenvalue weighted by molar-refractivity contribution is 7.07. The predicted octanol–water partition coefficient (Wildman–Crippen LogP) is 2.22. The second-order valence-electron chi connectivity index (χ2n) is 4.74. The van der Waals surface area contributed by atoms with Gasteiger partial charge in [0.05, 0.1) is 6.61 Å². The Morgan fingerprint density at radius 3 is 3.21 bits per heavy atom. The van der Waals surface area contributed by atoms with Gasteiger partial charge in [0, 0.05) is 30.1 Å². The molecule has 1 atom stereocenters. The second kappa shape index (κ2) is 5.19. The van der Waals surface area contributed by atoms with Crippen molar-refractivity contribution in [2.75, 3.05) is 6.61 Å². The monoisotopic (exact) mass is 276 g/mol. The summed E-state index contributed by atoms with van der Waals surface area (Å²) >= 11 is 1.20. The molecule has 0 fully saturated rings. The highest BCUT2D eigenvalue weighted by Crippen LogP contribution is 2.28. The SMILES string of the molecule is CC(NCc1csc(=O)[nH]1)c1ccc2c(c1)CCO2. The number of hydrogen-bond acceptors (Lipinski definition) is 4. The summed E-state index contributed by atoms with van der Waals surface area (Å²) in [6.45, 7) is 3.59. The highest BCUT2D eigenvalue weighted by Gasteiger charge is 2.14. The third-order valence-electron chi connectivity index (χ3n) is 3.38. The standard InChI is InChI=1S/C14H16N2O2S/c1-9(15-7-12-8-19-14(17)16-12)10-2-3-13-11(6-10)4-5-18-13/h2-3,6,8-9,15H,4-5,7H2,1H3,(H,16,17). The van der Waals surface area contributed by atoms with Crippen LogP contribution in [0.4, 0.5) is 0 Å². The van der Waals surface area contributed by atoms with Crippen LogP contribution in [0.1, 0.15) is 29.8 Å². The molecule has 1 aliphatic heterocycles. The number of aromatic amines is 1. The molecule has 2 aromatic rings. The van der Waals surface area contributed by atoms with E-state index in [1.54, 1.807) is 0 Å². The van der Waals surface area contributed by atoms with Crippen molar-refractivity contribution in [1.82, 2.24) is 10.3 Å². The largest absolute Gasteiger partial charge is 0.493 e. The van der Waals surface area contributed by atoms with Gasteiger partial charge in [0.25, 0.3) is 0 Å². The van der Waals surface area contributed by atoms with Crippen LogP contribution in [0.5, 0.6) is 5.75 Å². The lowest BCUT2D eigenvalue weighted by Gasteiger charge is -2.14. The van der Waals surface area contributed by atoms with E-state index in [1.165, 1.54) is 22.5 Å². The molecule has 100 valence electrons. The van der Waals surface area contributed by atoms with Crippen LogP contribution in [0, 0.1) is 0 Å². The lowest BCUT2D eigenvalue weighted by atomic mass is 10.0. The summed E-state index contributed by atoms with van der Waals surface area (Å²) in [6.07, 6.45) is 0.994. The van der Waals surface area contributed by atoms with Crippen molar-refractivity contribution in [3.63, 3.8) is 0 Å². The van der Waals surface area contributed by atoms with Crippen LogP contribution >= 0.6 is 11.3 Å². The zero-order valence-electron chi connectivity index (χ0n) is 10.7. The van der Waals surface area contributed by atoms with Gasteiger partial charge in [-0.25, -0.2) is 0 Å². The van der Waals surface area contributed by atoms with Gasteiger partial charge in [-0.2, -0.15) is 0 Å². The van der Waals surface area contributed by atoms with Gasteiger partial charge in [0.1, 0.15) is 5.75 Å². The Labute approximate surface area is 115 Å². The molecule has 2 N–H and O–H groups in total. The van der Waals surface area contributed by atoms with Crippen molar-refractivity contribution in [3.05, 3.63) is 50.1 Å². The number of ether oxygens (including phenoxy) is 1. The molecule has 5 heteroatoms. The fourth-order valence-electron chi connectivity index (χ4n) is 2.26. The van der Waals surface area contributed by atoms with E-state index >= 15 is 0 Å². The molecule has 3 rings (SSSR count). The topological polar surface area (TPSA) is 54.1 Å². The average Bonchev–Trinajstić information content (AvgIpc) is 3.03. The minimum absolute atomic E-state index is 0.000803. The molecular formula is C14H16N2O2S. The van der Waals surface area contributed by atoms with E-state index in [9.17, 15) is 4.79 Å². The Kier molecular flexibility index (Phi) is 3.40. The van der Waals surface area contributed by atoms with Crippen molar-refractivity contribution in [3.8, 4) is 5.75 Å². The first kappa shape index (κ1) is 12.4. The number of H-pyrrole nitrogens is 1. The maximum absolute atomic E-state index is 11.1. The van der Waals surface area contributed by atoms with Crippen molar-refractivity contribution in [2.45, 2.75) is 25.9 Å². The van der Waals surface area contributed by atoms with Crippen molar-refractivity contribution in [2.24, 2.45) is 0 Å². The predicted molar refractivity (Wildman–Crippen MR) is 75.8 cm³/mol. The summed E-state index contributed by atoms with van der Waals surface area (Å²) < 4.78 is 5.51. The molecule has 0 radical (unpaired) electrons. The van der Waals surface area contributed by atoms with Crippen LogP contribution in [-0.2, 0) is 13.0 Å². The van der Waals surface area contributed by atoms with Gasteiger partial charge < -0.3 is 15.0 Å². The maximum atomic E-state index is 11.1. The van der Waals surface area contributed by atoms with Crippen molar-refractivity contribution >= 4 is 11.3 Å². The first-order valence-corrected chi connectivity index (χ1v) is 7.26. The van der Waals surface area contributed by atoms with Gasteiger partial charge in [0.15, 0.2) is 0 Å². The summed E-state index contributed by atoms with van der Waals surface area (Å²) in [7, 11) is 0. The van der Waals surface area contributed by atoms with Gasteiger partial charge in [-0.1, -0.05) is 23.5 Å². The molecule has 1 aliphatic rings. The van der Waals surface area contributed by atoms with Gasteiger partial charge >= 0.3 is 4.87 Å². The second-order valence-corrected chi connectivity index (χ2v) is 5.58. The minimum atomic E-state index is -0.000803. The van der Waals surface area contributed by atoms with E-state index in [1.807, 2.05) is 11.4 Å². The Morgan fingerprint density at radius 2 is 2.42 bits per heavy atom. The normalized spacial score (nSPS) is 15.0. The number of hydrogen-bond donors (Lipinski definition) is 2. The summed E-state index contributed by atoms with van der Waals surface area (Å²) in [5.41, 5.74) is 3.48. The first-order valence-electron chi connectivity index (χ1n) is 6.38. The van der Waals surface area contributed by atoms with Crippen LogP contribution < -0.4 is 14.9 Å². The van der Waals surface area contributed by atoms with Crippen molar-refractivity contribution < 1.29 is 4.74 Å². The number of rotatable bonds is 4. The number of benzene rings is 1. The van der Waals surface area contributed by atoms with E-state index in [4.69, 9.17) is 4.74 Å². The first-order chi connectivity index (χ1) is 9.22. The van der Waals surface area contributed by atoms with Crippen LogP contribution in [0.25, 0.3) is 0 Å². The molecule has 0 saturated carbocycles. The molecule has 2 heterocycles. The number of nitrogens with one attached hydrogen (secondary N) is 2. The van der Waals surface area contributed by atoms with E-state index in [0.29, 0.717) is 6.54 Å². The molecule has 0 bridgehead atoms. The molecule has 0 spiro atoms. The maximum Gasteiger partial charge on any atom is 0.304 e. The van der Waals surface area contributed by atoms with Crippen LogP contribution in [0.3, 0.4) is 0 Å². The molecule has 0 amide bonds. The summed E-state index contributed by atoms with van der Waals surface area (Å²) in [6, 6.07) is 6.59. The van der Waals surface area contributed by atoms with E-state index in [-0.39, 0.29) is 10.9 Å². The minimum Gasteiger partial charge on any atom is -0.493 e. The Hall–Kier alpha value is -1.59. The lowest BCUT2D eigenvalue weighted by Crippen LogP contribution is -2.18.